The highest BCUT2D eigenvalue weighted by molar-refractivity contribution is 5.93. The average Bonchev–Trinajstić information content (AvgIpc) is 3.16. The molecule has 1 saturated heterocycles. The zero-order chi connectivity index (χ0) is 18.6. The molecule has 0 radical (unpaired) electrons. The molecule has 1 aromatic heterocycles. The fraction of sp³-hybridized carbons (Fsp3) is 0.474. The van der Waals surface area contributed by atoms with E-state index in [1.165, 1.54) is 0 Å². The Morgan fingerprint density at radius 3 is 2.89 bits per heavy atom. The minimum atomic E-state index is -0.218. The van der Waals surface area contributed by atoms with Gasteiger partial charge in [0.05, 0.1) is 58.2 Å². The molecule has 8 heteroatoms. The van der Waals surface area contributed by atoms with Gasteiger partial charge < -0.3 is 28.8 Å². The maximum atomic E-state index is 12.5. The average molecular weight is 373 g/mol. The number of carbonyl (C=O) groups excluding carboxylic acids is 1. The second-order valence-electron chi connectivity index (χ2n) is 6.54. The number of amides is 1. The normalized spacial score (nSPS) is 22.1. The predicted octanol–water partition coefficient (Wildman–Crippen LogP) is 1.31. The Bertz CT molecular complexity index is 783. The van der Waals surface area contributed by atoms with Gasteiger partial charge in [-0.05, 0) is 17.7 Å². The largest absolute Gasteiger partial charge is 0.497 e. The molecule has 144 valence electrons. The Balaban J connectivity index is 1.39. The van der Waals surface area contributed by atoms with Crippen molar-refractivity contribution < 1.29 is 23.7 Å². The van der Waals surface area contributed by atoms with Crippen LogP contribution >= 0.6 is 0 Å². The van der Waals surface area contributed by atoms with E-state index in [9.17, 15) is 4.79 Å². The van der Waals surface area contributed by atoms with Gasteiger partial charge in [0.1, 0.15) is 11.9 Å². The van der Waals surface area contributed by atoms with E-state index in [0.717, 1.165) is 17.0 Å². The van der Waals surface area contributed by atoms with Crippen LogP contribution in [0, 0.1) is 0 Å². The molecule has 0 saturated carbocycles. The quantitative estimate of drug-likeness (QED) is 0.851. The van der Waals surface area contributed by atoms with E-state index < -0.39 is 0 Å². The summed E-state index contributed by atoms with van der Waals surface area (Å²) in [7, 11) is 1.64. The Morgan fingerprint density at radius 2 is 2.15 bits per heavy atom. The molecule has 3 heterocycles. The van der Waals surface area contributed by atoms with Crippen LogP contribution in [0.3, 0.4) is 0 Å². The van der Waals surface area contributed by atoms with Gasteiger partial charge in [0.25, 0.3) is 5.91 Å². The molecule has 1 aromatic carbocycles. The number of nitrogens with one attached hydrogen (secondary N) is 1. The molecule has 0 spiro atoms. The molecule has 27 heavy (non-hydrogen) atoms. The lowest BCUT2D eigenvalue weighted by Gasteiger charge is -2.26. The number of methoxy groups -OCH3 is 1. The number of ether oxygens (including phenoxy) is 4. The molecular weight excluding hydrogens is 350 g/mol. The van der Waals surface area contributed by atoms with Gasteiger partial charge in [-0.25, -0.2) is 4.98 Å². The summed E-state index contributed by atoms with van der Waals surface area (Å²) in [5.74, 6) is 0.591. The number of carbonyl (C=O) groups is 1. The first-order valence-corrected chi connectivity index (χ1v) is 9.01. The molecule has 8 nitrogen and oxygen atoms in total. The molecule has 0 aliphatic carbocycles. The molecule has 0 unspecified atom stereocenters. The number of rotatable bonds is 5. The molecule has 0 bridgehead atoms. The summed E-state index contributed by atoms with van der Waals surface area (Å²) in [6.07, 6.45) is 1.50. The molecule has 4 rings (SSSR count). The number of hydrogen-bond acceptors (Lipinski definition) is 6. The van der Waals surface area contributed by atoms with Crippen LogP contribution in [0.4, 0.5) is 0 Å². The lowest BCUT2D eigenvalue weighted by atomic mass is 10.1. The summed E-state index contributed by atoms with van der Waals surface area (Å²) in [6.45, 7) is 3.01. The van der Waals surface area contributed by atoms with Gasteiger partial charge in [-0.1, -0.05) is 12.1 Å². The summed E-state index contributed by atoms with van der Waals surface area (Å²) in [6, 6.07) is 7.81. The summed E-state index contributed by atoms with van der Waals surface area (Å²) in [4.78, 5) is 16.8. The summed E-state index contributed by atoms with van der Waals surface area (Å²) in [5.41, 5.74) is 2.26. The van der Waals surface area contributed by atoms with Gasteiger partial charge in [0.15, 0.2) is 5.69 Å². The van der Waals surface area contributed by atoms with Gasteiger partial charge >= 0.3 is 0 Å². The van der Waals surface area contributed by atoms with E-state index in [-0.39, 0.29) is 18.1 Å². The Labute approximate surface area is 157 Å². The van der Waals surface area contributed by atoms with E-state index in [1.54, 1.807) is 13.4 Å². The second kappa shape index (κ2) is 8.08. The highest BCUT2D eigenvalue weighted by Crippen LogP contribution is 2.28. The van der Waals surface area contributed by atoms with Crippen molar-refractivity contribution in [2.75, 3.05) is 33.5 Å². The van der Waals surface area contributed by atoms with Crippen molar-refractivity contribution >= 4 is 5.91 Å². The van der Waals surface area contributed by atoms with E-state index in [0.29, 0.717) is 45.2 Å². The van der Waals surface area contributed by atoms with Crippen LogP contribution in [0.25, 0.3) is 0 Å². The van der Waals surface area contributed by atoms with Gasteiger partial charge in [0, 0.05) is 6.54 Å². The third-order valence-electron chi connectivity index (χ3n) is 4.81. The van der Waals surface area contributed by atoms with Crippen molar-refractivity contribution in [3.05, 3.63) is 47.5 Å². The third kappa shape index (κ3) is 3.97. The molecule has 1 amide bonds. The molecule has 2 aromatic rings. The van der Waals surface area contributed by atoms with Crippen LogP contribution in [-0.4, -0.2) is 55.0 Å². The highest BCUT2D eigenvalue weighted by atomic mass is 16.6. The molecule has 2 atom stereocenters. The standard InChI is InChI=1S/C19H23N3O5/c1-24-14-4-2-13(3-5-14)17-9-22-12-21-18(16(22)11-27-17)19(23)20-8-15-10-25-6-7-26-15/h2-5,12,15,17H,6-11H2,1H3,(H,20,23)/t15-,17+/m0/s1. The first kappa shape index (κ1) is 18.0. The zero-order valence-corrected chi connectivity index (χ0v) is 15.2. The fourth-order valence-electron chi connectivity index (χ4n) is 3.28. The van der Waals surface area contributed by atoms with Crippen molar-refractivity contribution in [2.24, 2.45) is 0 Å². The van der Waals surface area contributed by atoms with Gasteiger partial charge in [0.2, 0.25) is 0 Å². The van der Waals surface area contributed by atoms with Gasteiger partial charge in [-0.15, -0.1) is 0 Å². The number of imidazole rings is 1. The molecule has 1 fully saturated rings. The zero-order valence-electron chi connectivity index (χ0n) is 15.2. The maximum absolute atomic E-state index is 12.5. The Morgan fingerprint density at radius 1 is 1.30 bits per heavy atom. The number of benzene rings is 1. The summed E-state index contributed by atoms with van der Waals surface area (Å²) in [5, 5.41) is 2.87. The first-order valence-electron chi connectivity index (χ1n) is 9.01. The number of fused-ring (bicyclic) bond motifs is 1. The Hall–Kier alpha value is -2.42. The maximum Gasteiger partial charge on any atom is 0.271 e. The third-order valence-corrected chi connectivity index (χ3v) is 4.81. The monoisotopic (exact) mass is 373 g/mol. The van der Waals surface area contributed by atoms with E-state index in [4.69, 9.17) is 18.9 Å². The van der Waals surface area contributed by atoms with E-state index >= 15 is 0 Å². The lowest BCUT2D eigenvalue weighted by molar-refractivity contribution is -0.0855. The summed E-state index contributed by atoms with van der Waals surface area (Å²) < 4.78 is 24.0. The first-order chi connectivity index (χ1) is 13.2. The van der Waals surface area contributed by atoms with Crippen molar-refractivity contribution in [2.45, 2.75) is 25.4 Å². The minimum absolute atomic E-state index is 0.0821. The number of hydrogen-bond donors (Lipinski definition) is 1. The fourth-order valence-corrected chi connectivity index (χ4v) is 3.28. The van der Waals surface area contributed by atoms with Crippen LogP contribution < -0.4 is 10.1 Å². The molecule has 1 N–H and O–H groups in total. The number of aromatic nitrogens is 2. The van der Waals surface area contributed by atoms with Crippen molar-refractivity contribution in [1.82, 2.24) is 14.9 Å². The van der Waals surface area contributed by atoms with Gasteiger partial charge in [-0.2, -0.15) is 0 Å². The SMILES string of the molecule is COc1ccc([C@H]2Cn3cnc(C(=O)NC[C@H]4COCCO4)c3CO2)cc1. The van der Waals surface area contributed by atoms with E-state index in [1.807, 2.05) is 28.8 Å². The van der Waals surface area contributed by atoms with Crippen molar-refractivity contribution in [1.29, 1.82) is 0 Å². The summed E-state index contributed by atoms with van der Waals surface area (Å²) >= 11 is 0. The lowest BCUT2D eigenvalue weighted by Crippen LogP contribution is -2.40. The minimum Gasteiger partial charge on any atom is -0.497 e. The van der Waals surface area contributed by atoms with E-state index in [2.05, 4.69) is 10.3 Å². The predicted molar refractivity (Wildman–Crippen MR) is 95.6 cm³/mol. The second-order valence-corrected chi connectivity index (χ2v) is 6.54. The molecule has 2 aliphatic rings. The van der Waals surface area contributed by atoms with Gasteiger partial charge in [-0.3, -0.25) is 4.79 Å². The van der Waals surface area contributed by atoms with Crippen molar-refractivity contribution in [3.63, 3.8) is 0 Å². The van der Waals surface area contributed by atoms with Crippen molar-refractivity contribution in [3.8, 4) is 5.75 Å². The topological polar surface area (TPSA) is 83.8 Å². The van der Waals surface area contributed by atoms with Crippen LogP contribution in [-0.2, 0) is 27.4 Å². The van der Waals surface area contributed by atoms with Crippen LogP contribution in [0.2, 0.25) is 0 Å². The van der Waals surface area contributed by atoms with Crippen LogP contribution in [0.15, 0.2) is 30.6 Å². The smallest absolute Gasteiger partial charge is 0.271 e. The van der Waals surface area contributed by atoms with Crippen LogP contribution in [0.1, 0.15) is 27.8 Å². The Kier molecular flexibility index (Phi) is 5.38. The number of nitrogens with zero attached hydrogens (tertiary/aromatic N) is 2. The molecular formula is C19H23N3O5. The molecule has 2 aliphatic heterocycles. The highest BCUT2D eigenvalue weighted by Gasteiger charge is 2.27. The van der Waals surface area contributed by atoms with Crippen LogP contribution in [0.5, 0.6) is 5.75 Å².